The smallest absolute Gasteiger partial charge is 0.254 e. The molecule has 2 aromatic carbocycles. The molecule has 2 amide bonds. The van der Waals surface area contributed by atoms with Crippen LogP contribution in [0.4, 0.5) is 0 Å². The van der Waals surface area contributed by atoms with Gasteiger partial charge in [0.15, 0.2) is 0 Å². The standard InChI is InChI=1S/C25H29N3O4/c1-31-26-22-17-23(11-12-24(29)27-13-15-32-16-14-27)28(18-22)25(30)21-9-7-20(8-10-21)19-5-3-2-4-6-19/h2-10,23H,11-18H2,1H3/t23-/m1/s1. The number of benzene rings is 2. The molecular weight excluding hydrogens is 406 g/mol. The maximum Gasteiger partial charge on any atom is 0.254 e. The highest BCUT2D eigenvalue weighted by atomic mass is 16.6. The van der Waals surface area contributed by atoms with Crippen LogP contribution in [-0.4, -0.2) is 73.3 Å². The minimum Gasteiger partial charge on any atom is -0.399 e. The van der Waals surface area contributed by atoms with Crippen molar-refractivity contribution in [3.05, 3.63) is 60.2 Å². The molecule has 0 aromatic heterocycles. The number of ether oxygens (including phenoxy) is 1. The number of nitrogens with zero attached hydrogens (tertiary/aromatic N) is 3. The van der Waals surface area contributed by atoms with Crippen LogP contribution in [0.3, 0.4) is 0 Å². The monoisotopic (exact) mass is 435 g/mol. The van der Waals surface area contributed by atoms with Crippen LogP contribution in [-0.2, 0) is 14.4 Å². The SMILES string of the molecule is CON=C1C[C@@H](CCC(=O)N2CCOCC2)N(C(=O)c2ccc(-c3ccccc3)cc2)C1. The lowest BCUT2D eigenvalue weighted by Gasteiger charge is -2.28. The van der Waals surface area contributed by atoms with Crippen LogP contribution in [0, 0.1) is 0 Å². The van der Waals surface area contributed by atoms with Gasteiger partial charge in [-0.1, -0.05) is 47.6 Å². The quantitative estimate of drug-likeness (QED) is 0.654. The van der Waals surface area contributed by atoms with E-state index in [0.717, 1.165) is 16.8 Å². The van der Waals surface area contributed by atoms with Gasteiger partial charge in [0.05, 0.1) is 25.5 Å². The van der Waals surface area contributed by atoms with Crippen molar-refractivity contribution in [2.24, 2.45) is 5.16 Å². The van der Waals surface area contributed by atoms with Gasteiger partial charge in [-0.05, 0) is 29.7 Å². The molecule has 0 radical (unpaired) electrons. The largest absolute Gasteiger partial charge is 0.399 e. The topological polar surface area (TPSA) is 71.4 Å². The normalized spacial score (nSPS) is 19.9. The lowest BCUT2D eigenvalue weighted by molar-refractivity contribution is -0.135. The molecule has 0 N–H and O–H groups in total. The lowest BCUT2D eigenvalue weighted by Crippen LogP contribution is -2.41. The van der Waals surface area contributed by atoms with E-state index in [1.807, 2.05) is 64.4 Å². The fourth-order valence-corrected chi connectivity index (χ4v) is 4.33. The molecule has 2 saturated heterocycles. The van der Waals surface area contributed by atoms with Gasteiger partial charge in [-0.25, -0.2) is 0 Å². The molecular formula is C25H29N3O4. The van der Waals surface area contributed by atoms with Crippen molar-refractivity contribution in [3.8, 4) is 11.1 Å². The summed E-state index contributed by atoms with van der Waals surface area (Å²) >= 11 is 0. The summed E-state index contributed by atoms with van der Waals surface area (Å²) < 4.78 is 5.33. The number of hydrogen-bond acceptors (Lipinski definition) is 5. The summed E-state index contributed by atoms with van der Waals surface area (Å²) in [5.74, 6) is 0.0692. The van der Waals surface area contributed by atoms with Crippen molar-refractivity contribution >= 4 is 17.5 Å². The highest BCUT2D eigenvalue weighted by Gasteiger charge is 2.34. The molecule has 7 heteroatoms. The van der Waals surface area contributed by atoms with Gasteiger partial charge in [-0.15, -0.1) is 0 Å². The number of hydrogen-bond donors (Lipinski definition) is 0. The third-order valence-corrected chi connectivity index (χ3v) is 6.04. The second kappa shape index (κ2) is 10.4. The molecule has 2 fully saturated rings. The molecule has 4 rings (SSSR count). The Morgan fingerprint density at radius 3 is 2.41 bits per heavy atom. The third kappa shape index (κ3) is 5.16. The summed E-state index contributed by atoms with van der Waals surface area (Å²) in [6, 6.07) is 17.7. The minimum absolute atomic E-state index is 0.0465. The maximum absolute atomic E-state index is 13.3. The van der Waals surface area contributed by atoms with Crippen molar-refractivity contribution < 1.29 is 19.2 Å². The average Bonchev–Trinajstić information content (AvgIpc) is 3.26. The molecule has 0 saturated carbocycles. The third-order valence-electron chi connectivity index (χ3n) is 6.04. The van der Waals surface area contributed by atoms with Crippen molar-refractivity contribution in [3.63, 3.8) is 0 Å². The predicted octanol–water partition coefficient (Wildman–Crippen LogP) is 3.21. The van der Waals surface area contributed by atoms with Gasteiger partial charge >= 0.3 is 0 Å². The number of carbonyl (C=O) groups excluding carboxylic acids is 2. The van der Waals surface area contributed by atoms with E-state index in [2.05, 4.69) is 5.16 Å². The second-order valence-corrected chi connectivity index (χ2v) is 8.11. The highest BCUT2D eigenvalue weighted by Crippen LogP contribution is 2.25. The summed E-state index contributed by atoms with van der Waals surface area (Å²) in [5, 5.41) is 4.08. The van der Waals surface area contributed by atoms with E-state index in [1.165, 1.54) is 7.11 Å². The molecule has 168 valence electrons. The Kier molecular flexibility index (Phi) is 7.17. The number of amides is 2. The Morgan fingerprint density at radius 1 is 1.03 bits per heavy atom. The Hall–Kier alpha value is -3.19. The van der Waals surface area contributed by atoms with Gasteiger partial charge in [0.1, 0.15) is 7.11 Å². The molecule has 2 aromatic rings. The molecule has 0 spiro atoms. The summed E-state index contributed by atoms with van der Waals surface area (Å²) in [6.45, 7) is 2.86. The summed E-state index contributed by atoms with van der Waals surface area (Å²) in [7, 11) is 1.51. The van der Waals surface area contributed by atoms with Crippen molar-refractivity contribution in [2.75, 3.05) is 40.0 Å². The highest BCUT2D eigenvalue weighted by molar-refractivity contribution is 6.00. The van der Waals surface area contributed by atoms with Gasteiger partial charge < -0.3 is 19.4 Å². The van der Waals surface area contributed by atoms with Crippen LogP contribution < -0.4 is 0 Å². The Bertz CT molecular complexity index is 953. The van der Waals surface area contributed by atoms with E-state index in [-0.39, 0.29) is 17.9 Å². The minimum atomic E-state index is -0.0739. The van der Waals surface area contributed by atoms with Gasteiger partial charge in [0.2, 0.25) is 5.91 Å². The Labute approximate surface area is 188 Å². The first-order valence-corrected chi connectivity index (χ1v) is 11.1. The fraction of sp³-hybridized carbons (Fsp3) is 0.400. The molecule has 0 bridgehead atoms. The molecule has 0 aliphatic carbocycles. The lowest BCUT2D eigenvalue weighted by atomic mass is 10.0. The predicted molar refractivity (Wildman–Crippen MR) is 122 cm³/mol. The second-order valence-electron chi connectivity index (χ2n) is 8.11. The molecule has 2 aliphatic rings. The van der Waals surface area contributed by atoms with E-state index in [0.29, 0.717) is 57.7 Å². The fourth-order valence-electron chi connectivity index (χ4n) is 4.33. The number of oxime groups is 1. The maximum atomic E-state index is 13.3. The van der Waals surface area contributed by atoms with E-state index in [1.54, 1.807) is 0 Å². The molecule has 1 atom stereocenters. The van der Waals surface area contributed by atoms with Gasteiger partial charge in [-0.2, -0.15) is 0 Å². The number of rotatable bonds is 6. The molecule has 32 heavy (non-hydrogen) atoms. The van der Waals surface area contributed by atoms with Crippen molar-refractivity contribution in [1.82, 2.24) is 9.80 Å². The van der Waals surface area contributed by atoms with Crippen molar-refractivity contribution in [1.29, 1.82) is 0 Å². The summed E-state index contributed by atoms with van der Waals surface area (Å²) in [6.07, 6.45) is 1.63. The number of likely N-dealkylation sites (tertiary alicyclic amines) is 1. The van der Waals surface area contributed by atoms with Crippen LogP contribution in [0.25, 0.3) is 11.1 Å². The zero-order valence-electron chi connectivity index (χ0n) is 18.4. The van der Waals surface area contributed by atoms with Gasteiger partial charge in [0.25, 0.3) is 5.91 Å². The Morgan fingerprint density at radius 2 is 1.72 bits per heavy atom. The molecule has 7 nitrogen and oxygen atoms in total. The van der Waals surface area contributed by atoms with Crippen LogP contribution in [0.5, 0.6) is 0 Å². The van der Waals surface area contributed by atoms with E-state index < -0.39 is 0 Å². The molecule has 2 aliphatic heterocycles. The zero-order valence-corrected chi connectivity index (χ0v) is 18.4. The van der Waals surface area contributed by atoms with Crippen LogP contribution in [0.2, 0.25) is 0 Å². The first kappa shape index (κ1) is 22.0. The first-order chi connectivity index (χ1) is 15.7. The number of carbonyl (C=O) groups is 2. The van der Waals surface area contributed by atoms with Crippen LogP contribution in [0.1, 0.15) is 29.6 Å². The number of morpholine rings is 1. The van der Waals surface area contributed by atoms with Crippen LogP contribution >= 0.6 is 0 Å². The Balaban J connectivity index is 1.44. The molecule has 2 heterocycles. The van der Waals surface area contributed by atoms with Gasteiger partial charge in [-0.3, -0.25) is 9.59 Å². The van der Waals surface area contributed by atoms with E-state index in [4.69, 9.17) is 9.57 Å². The zero-order chi connectivity index (χ0) is 22.3. The summed E-state index contributed by atoms with van der Waals surface area (Å²) in [4.78, 5) is 34.5. The van der Waals surface area contributed by atoms with E-state index in [9.17, 15) is 9.59 Å². The first-order valence-electron chi connectivity index (χ1n) is 11.1. The van der Waals surface area contributed by atoms with E-state index >= 15 is 0 Å². The van der Waals surface area contributed by atoms with Crippen molar-refractivity contribution in [2.45, 2.75) is 25.3 Å². The molecule has 0 unspecified atom stereocenters. The van der Waals surface area contributed by atoms with Crippen LogP contribution in [0.15, 0.2) is 59.8 Å². The summed E-state index contributed by atoms with van der Waals surface area (Å²) in [5.41, 5.74) is 3.64. The van der Waals surface area contributed by atoms with Gasteiger partial charge in [0, 0.05) is 37.5 Å². The average molecular weight is 436 g/mol.